The molecule has 3 saturated carbocycles. The zero-order valence-corrected chi connectivity index (χ0v) is 33.1. The fraction of sp³-hybridized carbons (Fsp3) is 0.923. The van der Waals surface area contributed by atoms with Gasteiger partial charge in [-0.1, -0.05) is 65.5 Å². The molecule has 0 aliphatic heterocycles. The summed E-state index contributed by atoms with van der Waals surface area (Å²) in [6.45, 7) is 19.7. The van der Waals surface area contributed by atoms with Crippen LogP contribution in [0.25, 0.3) is 0 Å². The van der Waals surface area contributed by atoms with Crippen molar-refractivity contribution in [1.29, 1.82) is 0 Å². The van der Waals surface area contributed by atoms with Crippen LogP contribution in [0.5, 0.6) is 0 Å². The Morgan fingerprint density at radius 2 is 1.77 bits per heavy atom. The Morgan fingerprint density at radius 3 is 2.48 bits per heavy atom. The van der Waals surface area contributed by atoms with Gasteiger partial charge < -0.3 is 28.3 Å². The number of nitrogens with zero attached hydrogens (tertiary/aromatic N) is 1. The summed E-state index contributed by atoms with van der Waals surface area (Å²) < 4.78 is 35.2. The summed E-state index contributed by atoms with van der Waals surface area (Å²) in [7, 11) is 0.750. The summed E-state index contributed by atoms with van der Waals surface area (Å²) in [5.74, 6) is 4.98. The smallest absolute Gasteiger partial charge is 0.407 e. The number of methoxy groups -OCH3 is 1. The minimum absolute atomic E-state index is 0.0580. The average molecular weight is 696 g/mol. The number of ether oxygens (including phenoxy) is 2. The minimum Gasteiger partial charge on any atom is -0.446 e. The topological polar surface area (TPSA) is 83.1 Å². The van der Waals surface area contributed by atoms with E-state index < -0.39 is 7.60 Å². The molecule has 4 aliphatic carbocycles. The lowest BCUT2D eigenvalue weighted by atomic mass is 9.47. The van der Waals surface area contributed by atoms with Gasteiger partial charge in [0.15, 0.2) is 0 Å². The van der Waals surface area contributed by atoms with Crippen LogP contribution in [0.15, 0.2) is 11.6 Å². The number of carbonyl (C=O) groups is 1. The number of hydrogen-bond acceptors (Lipinski definition) is 6. The molecular formula is C39H72N2O6P+. The summed E-state index contributed by atoms with van der Waals surface area (Å²) in [5, 5.41) is 3.02. The average Bonchev–Trinajstić information content (AvgIpc) is 3.37. The first-order valence-electron chi connectivity index (χ1n) is 19.5. The quantitative estimate of drug-likeness (QED) is 0.0875. The van der Waals surface area contributed by atoms with Gasteiger partial charge in [0.25, 0.3) is 0 Å². The third kappa shape index (κ3) is 9.69. The van der Waals surface area contributed by atoms with Gasteiger partial charge in [0.05, 0.1) is 33.4 Å². The highest BCUT2D eigenvalue weighted by Gasteiger charge is 2.59. The van der Waals surface area contributed by atoms with Crippen LogP contribution in [0.3, 0.4) is 0 Å². The molecule has 1 amide bonds. The van der Waals surface area contributed by atoms with Crippen LogP contribution in [0.1, 0.15) is 112 Å². The second-order valence-corrected chi connectivity index (χ2v) is 19.4. The molecule has 3 fully saturated rings. The van der Waals surface area contributed by atoms with E-state index in [2.05, 4.69) is 53.1 Å². The van der Waals surface area contributed by atoms with Gasteiger partial charge in [-0.3, -0.25) is 4.57 Å². The van der Waals surface area contributed by atoms with Crippen LogP contribution < -0.4 is 5.32 Å². The summed E-state index contributed by atoms with van der Waals surface area (Å²) in [6, 6.07) is 0. The van der Waals surface area contributed by atoms with Crippen molar-refractivity contribution in [2.45, 2.75) is 118 Å². The second-order valence-electron chi connectivity index (χ2n) is 17.3. The molecule has 8 nitrogen and oxygen atoms in total. The SMILES string of the molecule is CCOP(C)(=O)OCC[N+](C)(CCNC(=O)O[C@H]1CC[C@@]2(C)C(=CCC3C2CC[C@@]2(C)C3CC[C@@H]2C(C)CCCC(C)C)C1)CCOC. The zero-order chi connectivity index (χ0) is 35.2. The Labute approximate surface area is 293 Å². The molecule has 48 heavy (non-hydrogen) atoms. The van der Waals surface area contributed by atoms with E-state index in [4.69, 9.17) is 18.5 Å². The number of hydrogen-bond donors (Lipinski definition) is 1. The van der Waals surface area contributed by atoms with Crippen LogP contribution >= 0.6 is 7.60 Å². The number of fused-ring (bicyclic) bond motifs is 5. The maximum absolute atomic E-state index is 13.0. The van der Waals surface area contributed by atoms with Crippen molar-refractivity contribution in [3.63, 3.8) is 0 Å². The van der Waals surface area contributed by atoms with Gasteiger partial charge in [0.2, 0.25) is 0 Å². The van der Waals surface area contributed by atoms with Crippen molar-refractivity contribution >= 4 is 13.7 Å². The highest BCUT2D eigenvalue weighted by Crippen LogP contribution is 2.67. The molecule has 0 saturated heterocycles. The van der Waals surface area contributed by atoms with Gasteiger partial charge in [-0.15, -0.1) is 0 Å². The second kappa shape index (κ2) is 17.1. The van der Waals surface area contributed by atoms with Gasteiger partial charge >= 0.3 is 13.7 Å². The van der Waals surface area contributed by atoms with E-state index >= 15 is 0 Å². The maximum atomic E-state index is 13.0. The van der Waals surface area contributed by atoms with Gasteiger partial charge in [-0.25, -0.2) is 4.79 Å². The van der Waals surface area contributed by atoms with Crippen molar-refractivity contribution < 1.29 is 32.4 Å². The molecular weight excluding hydrogens is 623 g/mol. The minimum atomic E-state index is -3.05. The lowest BCUT2D eigenvalue weighted by molar-refractivity contribution is -0.908. The van der Waals surface area contributed by atoms with E-state index in [9.17, 15) is 9.36 Å². The molecule has 0 spiro atoms. The zero-order valence-electron chi connectivity index (χ0n) is 32.2. The number of amides is 1. The first kappa shape index (κ1) is 39.9. The molecule has 9 heteroatoms. The van der Waals surface area contributed by atoms with Gasteiger partial charge in [0.1, 0.15) is 25.8 Å². The highest BCUT2D eigenvalue weighted by molar-refractivity contribution is 7.52. The van der Waals surface area contributed by atoms with Crippen LogP contribution in [-0.4, -0.2) is 83.5 Å². The third-order valence-electron chi connectivity index (χ3n) is 13.6. The van der Waals surface area contributed by atoms with Gasteiger partial charge in [-0.2, -0.15) is 0 Å². The van der Waals surface area contributed by atoms with E-state index in [1.54, 1.807) is 12.7 Å². The first-order chi connectivity index (χ1) is 22.7. The number of allylic oxidation sites excluding steroid dienone is 1. The van der Waals surface area contributed by atoms with Gasteiger partial charge in [-0.05, 0) is 98.2 Å². The first-order valence-corrected chi connectivity index (χ1v) is 21.5. The Hall–Kier alpha value is -0.920. The lowest BCUT2D eigenvalue weighted by Crippen LogP contribution is -2.52. The molecule has 0 aromatic rings. The number of likely N-dealkylation sites (N-methyl/N-ethyl adjacent to an activating group) is 1. The van der Waals surface area contributed by atoms with Crippen LogP contribution in [0, 0.1) is 46.3 Å². The molecule has 4 aliphatic rings. The van der Waals surface area contributed by atoms with Crippen molar-refractivity contribution in [3.8, 4) is 0 Å². The predicted octanol–water partition coefficient (Wildman–Crippen LogP) is 9.09. The standard InChI is InChI=1S/C39H71N2O6P/c1-10-45-48(9,43)46-27-25-41(7,24-26-44-8)23-22-40-37(42)47-32-18-20-38(5)31(28-32)14-15-33-35-17-16-34(30(4)13-11-12-29(2)3)39(35,6)21-19-36(33)38/h14,29-30,32-36H,10-13,15-28H2,1-9H3/p+1/t30?,32-,33?,34+,35?,36?,38-,39+,41?,48?/m0/s1. The molecule has 0 aromatic carbocycles. The molecule has 0 radical (unpaired) electrons. The Balaban J connectivity index is 1.27. The molecule has 10 atom stereocenters. The van der Waals surface area contributed by atoms with Gasteiger partial charge in [0, 0.05) is 20.2 Å². The fourth-order valence-corrected chi connectivity index (χ4v) is 11.7. The van der Waals surface area contributed by atoms with E-state index in [-0.39, 0.29) is 17.6 Å². The van der Waals surface area contributed by atoms with Crippen molar-refractivity contribution in [2.75, 3.05) is 66.8 Å². The maximum Gasteiger partial charge on any atom is 0.407 e. The normalized spacial score (nSPS) is 34.6. The molecule has 4 rings (SSSR count). The molecule has 1 N–H and O–H groups in total. The number of nitrogens with one attached hydrogen (secondary N) is 1. The molecule has 0 aromatic heterocycles. The van der Waals surface area contributed by atoms with E-state index in [1.165, 1.54) is 58.0 Å². The summed E-state index contributed by atoms with van der Waals surface area (Å²) in [5.41, 5.74) is 2.30. The molecule has 278 valence electrons. The van der Waals surface area contributed by atoms with Crippen LogP contribution in [0.2, 0.25) is 0 Å². The summed E-state index contributed by atoms with van der Waals surface area (Å²) in [6.07, 6.45) is 16.1. The van der Waals surface area contributed by atoms with Crippen molar-refractivity contribution in [2.24, 2.45) is 46.3 Å². The molecule has 6 unspecified atom stereocenters. The Morgan fingerprint density at radius 1 is 1.02 bits per heavy atom. The summed E-state index contributed by atoms with van der Waals surface area (Å²) >= 11 is 0. The predicted molar refractivity (Wildman–Crippen MR) is 195 cm³/mol. The number of alkyl carbamates (subject to hydrolysis) is 1. The number of carbonyl (C=O) groups excluding carboxylic acids is 1. The third-order valence-corrected chi connectivity index (χ3v) is 15.0. The van der Waals surface area contributed by atoms with Crippen molar-refractivity contribution in [3.05, 3.63) is 11.6 Å². The molecule has 0 bridgehead atoms. The number of rotatable bonds is 18. The number of quaternary nitrogens is 1. The van der Waals surface area contributed by atoms with E-state index in [0.29, 0.717) is 49.4 Å². The van der Waals surface area contributed by atoms with Crippen LogP contribution in [-0.2, 0) is 23.1 Å². The van der Waals surface area contributed by atoms with E-state index in [1.807, 2.05) is 6.92 Å². The lowest BCUT2D eigenvalue weighted by Gasteiger charge is -2.58. The largest absolute Gasteiger partial charge is 0.446 e. The molecule has 0 heterocycles. The van der Waals surface area contributed by atoms with Crippen molar-refractivity contribution in [1.82, 2.24) is 5.32 Å². The highest BCUT2D eigenvalue weighted by atomic mass is 31.2. The Kier molecular flexibility index (Phi) is 14.2. The fourth-order valence-electron chi connectivity index (χ4n) is 10.7. The van der Waals surface area contributed by atoms with Crippen LogP contribution in [0.4, 0.5) is 4.79 Å². The Bertz CT molecular complexity index is 1130. The van der Waals surface area contributed by atoms with E-state index in [0.717, 1.165) is 61.3 Å². The monoisotopic (exact) mass is 696 g/mol. The summed E-state index contributed by atoms with van der Waals surface area (Å²) in [4.78, 5) is 13.0.